The van der Waals surface area contributed by atoms with E-state index in [4.69, 9.17) is 5.73 Å². The molecule has 110 valence electrons. The predicted molar refractivity (Wildman–Crippen MR) is 86.8 cm³/mol. The second-order valence-corrected chi connectivity index (χ2v) is 5.73. The average molecular weight is 350 g/mol. The normalized spacial score (nSPS) is 10.8. The molecule has 0 saturated heterocycles. The van der Waals surface area contributed by atoms with Gasteiger partial charge in [0.2, 0.25) is 0 Å². The van der Waals surface area contributed by atoms with Crippen molar-refractivity contribution in [1.82, 2.24) is 4.90 Å². The Bertz CT molecular complexity index is 661. The molecule has 6 heteroatoms. The minimum absolute atomic E-state index is 0.0400. The van der Waals surface area contributed by atoms with Crippen LogP contribution in [0.15, 0.2) is 46.9 Å². The Labute approximate surface area is 131 Å². The number of nitro benzene ring substituents is 1. The van der Waals surface area contributed by atoms with Gasteiger partial charge in [-0.25, -0.2) is 0 Å². The van der Waals surface area contributed by atoms with Crippen LogP contribution in [-0.4, -0.2) is 16.9 Å². The molecule has 0 saturated carbocycles. The lowest BCUT2D eigenvalue weighted by Crippen LogP contribution is -2.18. The summed E-state index contributed by atoms with van der Waals surface area (Å²) in [6.07, 6.45) is 0. The van der Waals surface area contributed by atoms with E-state index < -0.39 is 4.92 Å². The summed E-state index contributed by atoms with van der Waals surface area (Å²) in [5.41, 5.74) is 7.99. The average Bonchev–Trinajstić information content (AvgIpc) is 2.43. The van der Waals surface area contributed by atoms with Crippen LogP contribution in [0, 0.1) is 10.1 Å². The third-order valence-electron chi connectivity index (χ3n) is 3.21. The van der Waals surface area contributed by atoms with Gasteiger partial charge in [0.25, 0.3) is 5.69 Å². The Balaban J connectivity index is 2.13. The molecule has 0 aromatic heterocycles. The highest BCUT2D eigenvalue weighted by Gasteiger charge is 2.15. The van der Waals surface area contributed by atoms with Crippen molar-refractivity contribution in [2.45, 2.75) is 13.1 Å². The van der Waals surface area contributed by atoms with E-state index in [1.807, 2.05) is 37.4 Å². The minimum Gasteiger partial charge on any atom is -0.393 e. The van der Waals surface area contributed by atoms with Gasteiger partial charge in [0.1, 0.15) is 5.69 Å². The van der Waals surface area contributed by atoms with Crippen LogP contribution in [0.2, 0.25) is 0 Å². The highest BCUT2D eigenvalue weighted by atomic mass is 79.9. The van der Waals surface area contributed by atoms with E-state index in [9.17, 15) is 10.1 Å². The van der Waals surface area contributed by atoms with Crippen LogP contribution in [0.1, 0.15) is 11.1 Å². The molecule has 0 heterocycles. The molecule has 0 fully saturated rings. The minimum atomic E-state index is -0.452. The Morgan fingerprint density at radius 1 is 1.14 bits per heavy atom. The summed E-state index contributed by atoms with van der Waals surface area (Å²) in [5.74, 6) is 0. The van der Waals surface area contributed by atoms with E-state index >= 15 is 0 Å². The molecular formula is C15H16BrN3O2. The lowest BCUT2D eigenvalue weighted by Gasteiger charge is -2.18. The number of benzene rings is 2. The third-order valence-corrected chi connectivity index (χ3v) is 3.98. The van der Waals surface area contributed by atoms with Crippen LogP contribution in [0.3, 0.4) is 0 Å². The third kappa shape index (κ3) is 3.80. The number of rotatable bonds is 5. The molecule has 0 amide bonds. The Morgan fingerprint density at radius 3 is 2.43 bits per heavy atom. The van der Waals surface area contributed by atoms with Crippen LogP contribution >= 0.6 is 15.9 Å². The molecule has 0 radical (unpaired) electrons. The van der Waals surface area contributed by atoms with Crippen LogP contribution in [-0.2, 0) is 13.1 Å². The number of nitro groups is 1. The zero-order valence-corrected chi connectivity index (χ0v) is 13.2. The fraction of sp³-hybridized carbons (Fsp3) is 0.200. The standard InChI is InChI=1S/C15H16BrN3O2/c1-18(9-11-5-2-3-7-13(11)16)10-12-6-4-8-14(15(12)17)19(20)21/h2-8H,9-10,17H2,1H3. The number of nitrogen functional groups attached to an aromatic ring is 1. The van der Waals surface area contributed by atoms with Crippen molar-refractivity contribution < 1.29 is 4.92 Å². The maximum atomic E-state index is 10.9. The molecule has 2 aromatic rings. The van der Waals surface area contributed by atoms with E-state index in [2.05, 4.69) is 20.8 Å². The van der Waals surface area contributed by atoms with Crippen LogP contribution < -0.4 is 5.73 Å². The number of nitrogens with two attached hydrogens (primary N) is 1. The number of nitrogens with zero attached hydrogens (tertiary/aromatic N) is 2. The van der Waals surface area contributed by atoms with E-state index in [0.29, 0.717) is 6.54 Å². The van der Waals surface area contributed by atoms with E-state index in [-0.39, 0.29) is 11.4 Å². The summed E-state index contributed by atoms with van der Waals surface area (Å²) < 4.78 is 1.05. The zero-order chi connectivity index (χ0) is 15.4. The summed E-state index contributed by atoms with van der Waals surface area (Å²) in [4.78, 5) is 12.5. The highest BCUT2D eigenvalue weighted by molar-refractivity contribution is 9.10. The monoisotopic (exact) mass is 349 g/mol. The fourth-order valence-electron chi connectivity index (χ4n) is 2.16. The Morgan fingerprint density at radius 2 is 1.76 bits per heavy atom. The fourth-order valence-corrected chi connectivity index (χ4v) is 2.57. The van der Waals surface area contributed by atoms with Gasteiger partial charge in [0, 0.05) is 23.6 Å². The number of halogens is 1. The van der Waals surface area contributed by atoms with Crippen LogP contribution in [0.5, 0.6) is 0 Å². The second-order valence-electron chi connectivity index (χ2n) is 4.87. The zero-order valence-electron chi connectivity index (χ0n) is 11.6. The summed E-state index contributed by atoms with van der Waals surface area (Å²) in [6.45, 7) is 1.28. The van der Waals surface area contributed by atoms with Gasteiger partial charge < -0.3 is 5.73 Å². The van der Waals surface area contributed by atoms with E-state index in [1.165, 1.54) is 6.07 Å². The number of hydrogen-bond donors (Lipinski definition) is 1. The first-order valence-electron chi connectivity index (χ1n) is 6.42. The molecule has 0 spiro atoms. The molecule has 0 aliphatic carbocycles. The number of para-hydroxylation sites is 1. The summed E-state index contributed by atoms with van der Waals surface area (Å²) in [7, 11) is 1.96. The summed E-state index contributed by atoms with van der Waals surface area (Å²) in [6, 6.07) is 12.9. The van der Waals surface area contributed by atoms with Crippen molar-refractivity contribution in [2.24, 2.45) is 0 Å². The van der Waals surface area contributed by atoms with Crippen molar-refractivity contribution in [3.05, 3.63) is 68.2 Å². The molecule has 2 rings (SSSR count). The van der Waals surface area contributed by atoms with Gasteiger partial charge in [-0.15, -0.1) is 0 Å². The molecule has 0 bridgehead atoms. The smallest absolute Gasteiger partial charge is 0.292 e. The number of anilines is 1. The van der Waals surface area contributed by atoms with Crippen molar-refractivity contribution in [1.29, 1.82) is 0 Å². The first-order chi connectivity index (χ1) is 9.99. The maximum Gasteiger partial charge on any atom is 0.292 e. The van der Waals surface area contributed by atoms with Crippen LogP contribution in [0.25, 0.3) is 0 Å². The summed E-state index contributed by atoms with van der Waals surface area (Å²) >= 11 is 3.51. The lowest BCUT2D eigenvalue weighted by atomic mass is 10.1. The highest BCUT2D eigenvalue weighted by Crippen LogP contribution is 2.26. The van der Waals surface area contributed by atoms with Crippen molar-refractivity contribution in [3.63, 3.8) is 0 Å². The second kappa shape index (κ2) is 6.69. The van der Waals surface area contributed by atoms with Gasteiger partial charge in [-0.05, 0) is 24.2 Å². The molecule has 2 aromatic carbocycles. The molecule has 2 N–H and O–H groups in total. The summed E-state index contributed by atoms with van der Waals surface area (Å²) in [5, 5.41) is 10.9. The maximum absolute atomic E-state index is 10.9. The van der Waals surface area contributed by atoms with Crippen LogP contribution in [0.4, 0.5) is 11.4 Å². The Kier molecular flexibility index (Phi) is 4.93. The first kappa shape index (κ1) is 15.5. The largest absolute Gasteiger partial charge is 0.393 e. The van der Waals surface area contributed by atoms with Gasteiger partial charge in [0.15, 0.2) is 0 Å². The first-order valence-corrected chi connectivity index (χ1v) is 7.22. The molecule has 21 heavy (non-hydrogen) atoms. The topological polar surface area (TPSA) is 72.4 Å². The molecule has 0 aliphatic heterocycles. The van der Waals surface area contributed by atoms with E-state index in [0.717, 1.165) is 22.1 Å². The number of hydrogen-bond acceptors (Lipinski definition) is 4. The van der Waals surface area contributed by atoms with E-state index in [1.54, 1.807) is 6.07 Å². The molecule has 0 unspecified atom stereocenters. The quantitative estimate of drug-likeness (QED) is 0.508. The molecule has 0 atom stereocenters. The van der Waals surface area contributed by atoms with Gasteiger partial charge in [-0.1, -0.05) is 46.3 Å². The van der Waals surface area contributed by atoms with Gasteiger partial charge in [-0.2, -0.15) is 0 Å². The lowest BCUT2D eigenvalue weighted by molar-refractivity contribution is -0.384. The SMILES string of the molecule is CN(Cc1ccccc1Br)Cc1cccc([N+](=O)[O-])c1N. The molecular weight excluding hydrogens is 334 g/mol. The molecule has 0 aliphatic rings. The molecule has 5 nitrogen and oxygen atoms in total. The van der Waals surface area contributed by atoms with Gasteiger partial charge in [-0.3, -0.25) is 15.0 Å². The van der Waals surface area contributed by atoms with Crippen molar-refractivity contribution >= 4 is 27.3 Å². The van der Waals surface area contributed by atoms with Gasteiger partial charge in [0.05, 0.1) is 4.92 Å². The van der Waals surface area contributed by atoms with Crippen molar-refractivity contribution in [2.75, 3.05) is 12.8 Å². The van der Waals surface area contributed by atoms with Crippen molar-refractivity contribution in [3.8, 4) is 0 Å². The predicted octanol–water partition coefficient (Wildman–Crippen LogP) is 3.57. The Hall–Kier alpha value is -1.92. The van der Waals surface area contributed by atoms with Gasteiger partial charge >= 0.3 is 0 Å².